The molecule has 1 aromatic carbocycles. The van der Waals surface area contributed by atoms with E-state index in [2.05, 4.69) is 4.72 Å². The van der Waals surface area contributed by atoms with Crippen molar-refractivity contribution in [1.29, 1.82) is 0 Å². The molecular weight excluding hydrogens is 303 g/mol. The van der Waals surface area contributed by atoms with Gasteiger partial charge in [-0.15, -0.1) is 0 Å². The van der Waals surface area contributed by atoms with Gasteiger partial charge in [-0.3, -0.25) is 0 Å². The van der Waals surface area contributed by atoms with Crippen molar-refractivity contribution in [3.8, 4) is 0 Å². The van der Waals surface area contributed by atoms with Gasteiger partial charge in [0.15, 0.2) is 0 Å². The van der Waals surface area contributed by atoms with Crippen LogP contribution in [0.5, 0.6) is 0 Å². The van der Waals surface area contributed by atoms with E-state index in [0.717, 1.165) is 37.8 Å². The second kappa shape index (κ2) is 6.39. The van der Waals surface area contributed by atoms with Crippen LogP contribution in [0.3, 0.4) is 0 Å². The fourth-order valence-corrected chi connectivity index (χ4v) is 4.44. The molecule has 0 aliphatic heterocycles. The summed E-state index contributed by atoms with van der Waals surface area (Å²) in [4.78, 5) is -0.222. The van der Waals surface area contributed by atoms with E-state index in [0.29, 0.717) is 6.54 Å². The van der Waals surface area contributed by atoms with Gasteiger partial charge in [0.2, 0.25) is 10.0 Å². The van der Waals surface area contributed by atoms with Gasteiger partial charge in [0.05, 0.1) is 5.02 Å². The summed E-state index contributed by atoms with van der Waals surface area (Å²) < 4.78 is 40.5. The summed E-state index contributed by atoms with van der Waals surface area (Å²) in [6, 6.07) is 3.10. The van der Waals surface area contributed by atoms with Crippen LogP contribution in [0.15, 0.2) is 23.1 Å². The van der Waals surface area contributed by atoms with E-state index >= 15 is 0 Å². The van der Waals surface area contributed by atoms with E-state index in [4.69, 9.17) is 17.3 Å². The largest absolute Gasteiger partial charge is 0.330 e. The van der Waals surface area contributed by atoms with Crippen molar-refractivity contribution in [2.75, 3.05) is 6.54 Å². The molecule has 3 N–H and O–H groups in total. The maximum Gasteiger partial charge on any atom is 0.242 e. The van der Waals surface area contributed by atoms with E-state index in [1.807, 2.05) is 0 Å². The third kappa shape index (κ3) is 3.49. The highest BCUT2D eigenvalue weighted by Gasteiger charge is 2.29. The fourth-order valence-electron chi connectivity index (χ4n) is 2.59. The Morgan fingerprint density at radius 1 is 1.35 bits per heavy atom. The van der Waals surface area contributed by atoms with Gasteiger partial charge in [0.25, 0.3) is 0 Å². The van der Waals surface area contributed by atoms with E-state index in [-0.39, 0.29) is 21.9 Å². The molecule has 1 saturated carbocycles. The zero-order valence-corrected chi connectivity index (χ0v) is 12.6. The molecule has 1 aromatic rings. The van der Waals surface area contributed by atoms with Crippen molar-refractivity contribution in [3.63, 3.8) is 0 Å². The molecule has 0 amide bonds. The molecule has 0 heterocycles. The van der Waals surface area contributed by atoms with Crippen LogP contribution >= 0.6 is 11.6 Å². The van der Waals surface area contributed by atoms with Gasteiger partial charge in [-0.1, -0.05) is 24.4 Å². The van der Waals surface area contributed by atoms with E-state index in [9.17, 15) is 12.8 Å². The first kappa shape index (κ1) is 15.7. The maximum absolute atomic E-state index is 13.2. The molecule has 1 aliphatic carbocycles. The van der Waals surface area contributed by atoms with Gasteiger partial charge in [-0.2, -0.15) is 0 Å². The predicted molar refractivity (Wildman–Crippen MR) is 76.5 cm³/mol. The molecule has 0 saturated heterocycles. The number of hydrogen-bond donors (Lipinski definition) is 2. The summed E-state index contributed by atoms with van der Waals surface area (Å²) in [6.45, 7) is 0.435. The van der Waals surface area contributed by atoms with E-state index in [1.165, 1.54) is 6.07 Å². The van der Waals surface area contributed by atoms with Crippen molar-refractivity contribution in [3.05, 3.63) is 29.0 Å². The van der Waals surface area contributed by atoms with Crippen molar-refractivity contribution < 1.29 is 12.8 Å². The molecule has 4 nitrogen and oxygen atoms in total. The Kier molecular flexibility index (Phi) is 5.01. The van der Waals surface area contributed by atoms with Gasteiger partial charge < -0.3 is 5.73 Å². The minimum absolute atomic E-state index is 0.0130. The standard InChI is InChI=1S/C13H18ClFN2O2S/c14-11-6-5-10(15)7-13(11)20(18,19)17-12-4-2-1-3-9(12)8-16/h5-7,9,12,17H,1-4,8,16H2. The van der Waals surface area contributed by atoms with Crippen molar-refractivity contribution in [2.45, 2.75) is 36.6 Å². The van der Waals surface area contributed by atoms with Gasteiger partial charge in [-0.05, 0) is 43.5 Å². The van der Waals surface area contributed by atoms with E-state index in [1.54, 1.807) is 0 Å². The number of nitrogens with two attached hydrogens (primary N) is 1. The van der Waals surface area contributed by atoms with Crippen molar-refractivity contribution in [2.24, 2.45) is 11.7 Å². The number of sulfonamides is 1. The lowest BCUT2D eigenvalue weighted by atomic mass is 9.85. The van der Waals surface area contributed by atoms with Gasteiger partial charge in [0, 0.05) is 6.04 Å². The van der Waals surface area contributed by atoms with Crippen LogP contribution in [0.25, 0.3) is 0 Å². The minimum Gasteiger partial charge on any atom is -0.330 e. The number of rotatable bonds is 4. The summed E-state index contributed by atoms with van der Waals surface area (Å²) in [6.07, 6.45) is 3.66. The molecule has 0 bridgehead atoms. The predicted octanol–water partition coefficient (Wildman–Crippen LogP) is 2.27. The van der Waals surface area contributed by atoms with E-state index < -0.39 is 15.8 Å². The zero-order chi connectivity index (χ0) is 14.8. The molecule has 0 aromatic heterocycles. The zero-order valence-electron chi connectivity index (χ0n) is 11.0. The molecule has 0 spiro atoms. The lowest BCUT2D eigenvalue weighted by Crippen LogP contribution is -2.44. The molecule has 20 heavy (non-hydrogen) atoms. The quantitative estimate of drug-likeness (QED) is 0.894. The van der Waals surface area contributed by atoms with Crippen LogP contribution in [-0.4, -0.2) is 21.0 Å². The third-order valence-corrected chi connectivity index (χ3v) is 5.67. The van der Waals surface area contributed by atoms with Gasteiger partial charge >= 0.3 is 0 Å². The molecular formula is C13H18ClFN2O2S. The summed E-state index contributed by atoms with van der Waals surface area (Å²) in [5.74, 6) is -0.514. The number of halogens is 2. The Hall–Kier alpha value is -0.690. The van der Waals surface area contributed by atoms with Crippen LogP contribution < -0.4 is 10.5 Å². The molecule has 0 radical (unpaired) electrons. The first-order chi connectivity index (χ1) is 9.44. The second-order valence-corrected chi connectivity index (χ2v) is 7.17. The topological polar surface area (TPSA) is 72.2 Å². The summed E-state index contributed by atoms with van der Waals surface area (Å²) in [7, 11) is -3.83. The molecule has 7 heteroatoms. The van der Waals surface area contributed by atoms with Crippen LogP contribution in [0.1, 0.15) is 25.7 Å². The fraction of sp³-hybridized carbons (Fsp3) is 0.538. The number of nitrogens with one attached hydrogen (secondary N) is 1. The molecule has 2 atom stereocenters. The molecule has 2 unspecified atom stereocenters. The number of hydrogen-bond acceptors (Lipinski definition) is 3. The minimum atomic E-state index is -3.83. The smallest absolute Gasteiger partial charge is 0.242 e. The maximum atomic E-state index is 13.2. The Balaban J connectivity index is 2.24. The van der Waals surface area contributed by atoms with Gasteiger partial charge in [-0.25, -0.2) is 17.5 Å². The van der Waals surface area contributed by atoms with Crippen molar-refractivity contribution >= 4 is 21.6 Å². The molecule has 112 valence electrons. The molecule has 1 fully saturated rings. The highest BCUT2D eigenvalue weighted by atomic mass is 35.5. The summed E-state index contributed by atoms with van der Waals surface area (Å²) >= 11 is 5.86. The second-order valence-electron chi connectivity index (χ2n) is 5.08. The Morgan fingerprint density at radius 2 is 2.05 bits per heavy atom. The van der Waals surface area contributed by atoms with Crippen LogP contribution in [0.4, 0.5) is 4.39 Å². The average molecular weight is 321 g/mol. The lowest BCUT2D eigenvalue weighted by Gasteiger charge is -2.31. The highest BCUT2D eigenvalue weighted by molar-refractivity contribution is 7.89. The average Bonchev–Trinajstić information content (AvgIpc) is 2.41. The molecule has 2 rings (SSSR count). The number of benzene rings is 1. The Bertz CT molecular complexity index is 580. The third-order valence-electron chi connectivity index (χ3n) is 3.70. The van der Waals surface area contributed by atoms with Crippen LogP contribution in [0, 0.1) is 11.7 Å². The molecule has 1 aliphatic rings. The van der Waals surface area contributed by atoms with Crippen molar-refractivity contribution in [1.82, 2.24) is 4.72 Å². The van der Waals surface area contributed by atoms with Gasteiger partial charge in [0.1, 0.15) is 10.7 Å². The lowest BCUT2D eigenvalue weighted by molar-refractivity contribution is 0.296. The normalized spacial score (nSPS) is 23.8. The SMILES string of the molecule is NCC1CCCCC1NS(=O)(=O)c1cc(F)ccc1Cl. The Labute approximate surface area is 123 Å². The first-order valence-electron chi connectivity index (χ1n) is 6.61. The first-order valence-corrected chi connectivity index (χ1v) is 8.47. The monoisotopic (exact) mass is 320 g/mol. The highest BCUT2D eigenvalue weighted by Crippen LogP contribution is 2.27. The van der Waals surface area contributed by atoms with Crippen LogP contribution in [0.2, 0.25) is 5.02 Å². The summed E-state index contributed by atoms with van der Waals surface area (Å²) in [5, 5.41) is 0.0130. The Morgan fingerprint density at radius 3 is 2.75 bits per heavy atom. The van der Waals surface area contributed by atoms with Crippen LogP contribution in [-0.2, 0) is 10.0 Å². The summed E-state index contributed by atoms with van der Waals surface area (Å²) in [5.41, 5.74) is 5.68.